The van der Waals surface area contributed by atoms with Gasteiger partial charge in [-0.1, -0.05) is 18.2 Å². The number of nitrogens with zero attached hydrogens (tertiary/aromatic N) is 2. The topological polar surface area (TPSA) is 55.0 Å². The summed E-state index contributed by atoms with van der Waals surface area (Å²) in [5.74, 6) is 0.485. The van der Waals surface area contributed by atoms with Gasteiger partial charge < -0.3 is 9.15 Å². The molecule has 1 fully saturated rings. The van der Waals surface area contributed by atoms with E-state index in [-0.39, 0.29) is 5.91 Å². The quantitative estimate of drug-likeness (QED) is 0.392. The van der Waals surface area contributed by atoms with Crippen molar-refractivity contribution in [1.82, 2.24) is 4.90 Å². The van der Waals surface area contributed by atoms with Crippen molar-refractivity contribution in [2.45, 2.75) is 6.92 Å². The molecule has 0 spiro atoms. The Kier molecular flexibility index (Phi) is 6.74. The van der Waals surface area contributed by atoms with Gasteiger partial charge in [0.25, 0.3) is 5.91 Å². The van der Waals surface area contributed by atoms with Crippen LogP contribution in [0.25, 0.3) is 6.08 Å². The smallest absolute Gasteiger partial charge is 0.266 e. The normalized spacial score (nSPS) is 17.7. The number of benzene rings is 1. The maximum absolute atomic E-state index is 12.8. The van der Waals surface area contributed by atoms with E-state index in [9.17, 15) is 4.79 Å². The Labute approximate surface area is 172 Å². The fourth-order valence-electron chi connectivity index (χ4n) is 2.27. The summed E-state index contributed by atoms with van der Waals surface area (Å²) in [5.41, 5.74) is 0.800. The molecule has 2 heterocycles. The van der Waals surface area contributed by atoms with Gasteiger partial charge in [0.2, 0.25) is 0 Å². The van der Waals surface area contributed by atoms with Crippen molar-refractivity contribution in [2.75, 3.05) is 19.8 Å². The highest BCUT2D eigenvalue weighted by Gasteiger charge is 2.33. The van der Waals surface area contributed by atoms with Gasteiger partial charge in [-0.25, -0.2) is 4.99 Å². The van der Waals surface area contributed by atoms with Gasteiger partial charge in [0.15, 0.2) is 9.84 Å². The predicted octanol–water partition coefficient (Wildman–Crippen LogP) is 5.45. The van der Waals surface area contributed by atoms with Crippen LogP contribution in [0.2, 0.25) is 0 Å². The third-order valence-electron chi connectivity index (χ3n) is 3.47. The number of furan rings is 1. The van der Waals surface area contributed by atoms with Crippen LogP contribution >= 0.6 is 43.6 Å². The Morgan fingerprint density at radius 2 is 2.08 bits per heavy atom. The van der Waals surface area contributed by atoms with Gasteiger partial charge in [0.05, 0.1) is 28.2 Å². The lowest BCUT2D eigenvalue weighted by Crippen LogP contribution is -2.32. The molecule has 0 atom stereocenters. The molecule has 8 heteroatoms. The third kappa shape index (κ3) is 4.68. The zero-order valence-corrected chi connectivity index (χ0v) is 17.9. The van der Waals surface area contributed by atoms with Crippen molar-refractivity contribution >= 4 is 66.5 Å². The average molecular weight is 500 g/mol. The summed E-state index contributed by atoms with van der Waals surface area (Å²) in [7, 11) is 0. The van der Waals surface area contributed by atoms with Crippen molar-refractivity contribution in [1.29, 1.82) is 0 Å². The number of thioether (sulfide) groups is 1. The van der Waals surface area contributed by atoms with Crippen LogP contribution in [-0.4, -0.2) is 35.7 Å². The van der Waals surface area contributed by atoms with E-state index in [1.165, 1.54) is 11.8 Å². The summed E-state index contributed by atoms with van der Waals surface area (Å²) >= 11 is 8.01. The summed E-state index contributed by atoms with van der Waals surface area (Å²) < 4.78 is 12.3. The molecule has 1 amide bonds. The Morgan fingerprint density at radius 1 is 1.31 bits per heavy atom. The van der Waals surface area contributed by atoms with E-state index < -0.39 is 0 Å². The maximum atomic E-state index is 12.8. The van der Waals surface area contributed by atoms with Crippen LogP contribution in [0, 0.1) is 0 Å². The first kappa shape index (κ1) is 19.4. The molecule has 1 saturated heterocycles. The van der Waals surface area contributed by atoms with Gasteiger partial charge in [-0.3, -0.25) is 9.69 Å². The molecule has 2 aromatic rings. The molecule has 1 aromatic heterocycles. The third-order valence-corrected chi connectivity index (χ3v) is 6.19. The SMILES string of the molecule is CCOCCN1C(=O)/C(=C/c2cc(Br)c(Br)o2)SC1=Nc1ccccc1. The molecule has 1 aliphatic rings. The van der Waals surface area contributed by atoms with Crippen molar-refractivity contribution in [3.05, 3.63) is 56.2 Å². The predicted molar refractivity (Wildman–Crippen MR) is 111 cm³/mol. The van der Waals surface area contributed by atoms with Gasteiger partial charge >= 0.3 is 0 Å². The molecule has 26 heavy (non-hydrogen) atoms. The van der Waals surface area contributed by atoms with E-state index in [4.69, 9.17) is 9.15 Å². The van der Waals surface area contributed by atoms with E-state index in [1.54, 1.807) is 11.0 Å². The summed E-state index contributed by atoms with van der Waals surface area (Å²) in [6.45, 7) is 3.45. The molecule has 0 radical (unpaired) electrons. The first-order valence-electron chi connectivity index (χ1n) is 7.96. The lowest BCUT2D eigenvalue weighted by atomic mass is 10.3. The van der Waals surface area contributed by atoms with E-state index in [0.29, 0.717) is 40.3 Å². The molecule has 0 saturated carbocycles. The Bertz CT molecular complexity index is 830. The van der Waals surface area contributed by atoms with Gasteiger partial charge in [-0.15, -0.1) is 0 Å². The van der Waals surface area contributed by atoms with Crippen LogP contribution in [-0.2, 0) is 9.53 Å². The second-order valence-corrected chi connectivity index (χ2v) is 7.85. The van der Waals surface area contributed by atoms with Crippen LogP contribution in [0.3, 0.4) is 0 Å². The van der Waals surface area contributed by atoms with Crippen molar-refractivity contribution in [3.63, 3.8) is 0 Å². The number of amidine groups is 1. The molecule has 3 rings (SSSR count). The molecule has 0 bridgehead atoms. The molecular weight excluding hydrogens is 484 g/mol. The van der Waals surface area contributed by atoms with Gasteiger partial charge in [-0.2, -0.15) is 0 Å². The Balaban J connectivity index is 1.89. The van der Waals surface area contributed by atoms with Gasteiger partial charge in [0, 0.05) is 12.7 Å². The minimum atomic E-state index is -0.104. The van der Waals surface area contributed by atoms with Crippen LogP contribution in [0.5, 0.6) is 0 Å². The highest BCUT2D eigenvalue weighted by atomic mass is 79.9. The molecule has 0 N–H and O–H groups in total. The lowest BCUT2D eigenvalue weighted by molar-refractivity contribution is -0.122. The van der Waals surface area contributed by atoms with Crippen LogP contribution in [0.1, 0.15) is 12.7 Å². The monoisotopic (exact) mass is 498 g/mol. The molecule has 0 unspecified atom stereocenters. The fraction of sp³-hybridized carbons (Fsp3) is 0.222. The van der Waals surface area contributed by atoms with Gasteiger partial charge in [-0.05, 0) is 68.7 Å². The number of ether oxygens (including phenoxy) is 1. The number of para-hydroxylation sites is 1. The van der Waals surface area contributed by atoms with Crippen molar-refractivity contribution in [3.8, 4) is 0 Å². The fourth-order valence-corrected chi connectivity index (χ4v) is 3.88. The zero-order valence-electron chi connectivity index (χ0n) is 13.9. The zero-order chi connectivity index (χ0) is 18.5. The number of hydrogen-bond acceptors (Lipinski definition) is 5. The second kappa shape index (κ2) is 9.03. The molecule has 1 aliphatic heterocycles. The largest absolute Gasteiger partial charge is 0.449 e. The first-order chi connectivity index (χ1) is 12.6. The summed E-state index contributed by atoms with van der Waals surface area (Å²) in [6, 6.07) is 11.4. The Morgan fingerprint density at radius 3 is 2.73 bits per heavy atom. The van der Waals surface area contributed by atoms with E-state index in [1.807, 2.05) is 43.3 Å². The Hall–Kier alpha value is -1.35. The summed E-state index contributed by atoms with van der Waals surface area (Å²) in [4.78, 5) is 19.7. The molecule has 136 valence electrons. The number of amides is 1. The lowest BCUT2D eigenvalue weighted by Gasteiger charge is -2.15. The molecular formula is C18H16Br2N2O3S. The average Bonchev–Trinajstić information content (AvgIpc) is 3.09. The standard InChI is InChI=1S/C18H16Br2N2O3S/c1-2-24-9-8-22-17(23)15(11-13-10-14(19)16(20)25-13)26-18(22)21-12-6-4-3-5-7-12/h3-7,10-11H,2,8-9H2,1H3/b15-11-,21-18?. The number of carbonyl (C=O) groups is 1. The van der Waals surface area contributed by atoms with Gasteiger partial charge in [0.1, 0.15) is 5.76 Å². The molecule has 0 aliphatic carbocycles. The van der Waals surface area contributed by atoms with Crippen LogP contribution < -0.4 is 0 Å². The molecule has 5 nitrogen and oxygen atoms in total. The summed E-state index contributed by atoms with van der Waals surface area (Å²) in [6.07, 6.45) is 1.73. The number of rotatable bonds is 6. The number of hydrogen-bond donors (Lipinski definition) is 0. The number of carbonyl (C=O) groups excluding carboxylic acids is 1. The van der Waals surface area contributed by atoms with E-state index in [2.05, 4.69) is 36.9 Å². The first-order valence-corrected chi connectivity index (χ1v) is 10.4. The maximum Gasteiger partial charge on any atom is 0.266 e. The summed E-state index contributed by atoms with van der Waals surface area (Å²) in [5, 5.41) is 0.636. The van der Waals surface area contributed by atoms with Crippen LogP contribution in [0.15, 0.2) is 59.9 Å². The van der Waals surface area contributed by atoms with Crippen LogP contribution in [0.4, 0.5) is 5.69 Å². The highest BCUT2D eigenvalue weighted by molar-refractivity contribution is 9.13. The minimum Gasteiger partial charge on any atom is -0.449 e. The number of aliphatic imine (C=N–C) groups is 1. The van der Waals surface area contributed by atoms with E-state index in [0.717, 1.165) is 10.2 Å². The molecule has 1 aromatic carbocycles. The minimum absolute atomic E-state index is 0.104. The van der Waals surface area contributed by atoms with Crippen molar-refractivity contribution in [2.24, 2.45) is 4.99 Å². The van der Waals surface area contributed by atoms with E-state index >= 15 is 0 Å². The highest BCUT2D eigenvalue weighted by Crippen LogP contribution is 2.35. The number of halogens is 2. The van der Waals surface area contributed by atoms with Crippen molar-refractivity contribution < 1.29 is 13.9 Å². The second-order valence-electron chi connectivity index (χ2n) is 5.26.